The van der Waals surface area contributed by atoms with Crippen LogP contribution in [-0.4, -0.2) is 103 Å². The van der Waals surface area contributed by atoms with Crippen molar-refractivity contribution in [3.63, 3.8) is 0 Å². The summed E-state index contributed by atoms with van der Waals surface area (Å²) in [6, 6.07) is 25.3. The third-order valence-electron chi connectivity index (χ3n) is 10.1. The van der Waals surface area contributed by atoms with Crippen molar-refractivity contribution < 1.29 is 43.3 Å². The summed E-state index contributed by atoms with van der Waals surface area (Å²) in [4.78, 5) is 61.3. The fourth-order valence-corrected chi connectivity index (χ4v) is 7.72. The van der Waals surface area contributed by atoms with Crippen molar-refractivity contribution in [1.82, 2.24) is 20.6 Å². The predicted octanol–water partition coefficient (Wildman–Crippen LogP) is 1.89. The number of carbonyl (C=O) groups excluding carboxylic acids is 4. The zero-order valence-electron chi connectivity index (χ0n) is 29.0. The van der Waals surface area contributed by atoms with Gasteiger partial charge >= 0.3 is 5.97 Å². The van der Waals surface area contributed by atoms with E-state index in [1.807, 2.05) is 84.9 Å². The summed E-state index contributed by atoms with van der Waals surface area (Å²) in [5.74, 6) is -2.96. The van der Waals surface area contributed by atoms with Gasteiger partial charge in [0, 0.05) is 57.2 Å². The van der Waals surface area contributed by atoms with E-state index in [0.717, 1.165) is 22.3 Å². The largest absolute Gasteiger partial charge is 0.458 e. The number of hydrogen-bond acceptors (Lipinski definition) is 10. The average Bonchev–Trinajstić information content (AvgIpc) is 3.73. The molecule has 3 saturated heterocycles. The summed E-state index contributed by atoms with van der Waals surface area (Å²) in [7, 11) is 3.35. The van der Waals surface area contributed by atoms with Crippen molar-refractivity contribution in [2.75, 3.05) is 33.8 Å². The Kier molecular flexibility index (Phi) is 9.96. The molecule has 0 spiro atoms. The van der Waals surface area contributed by atoms with Crippen molar-refractivity contribution >= 4 is 29.8 Å². The van der Waals surface area contributed by atoms with Crippen molar-refractivity contribution in [3.05, 3.63) is 113 Å². The summed E-state index contributed by atoms with van der Waals surface area (Å²) < 4.78 is 20.0. The minimum atomic E-state index is -1.45. The molecule has 13 heteroatoms. The fraction of sp³-hybridized carbons (Fsp3) is 0.385. The quantitative estimate of drug-likeness (QED) is 0.188. The third-order valence-corrected chi connectivity index (χ3v) is 10.1. The van der Waals surface area contributed by atoms with Crippen LogP contribution in [0.2, 0.25) is 0 Å². The van der Waals surface area contributed by atoms with Gasteiger partial charge in [0.15, 0.2) is 6.04 Å². The van der Waals surface area contributed by atoms with Gasteiger partial charge in [-0.3, -0.25) is 24.0 Å². The molecule has 3 amide bonds. The second-order valence-corrected chi connectivity index (χ2v) is 13.6. The van der Waals surface area contributed by atoms with Gasteiger partial charge in [-0.25, -0.2) is 0 Å². The third kappa shape index (κ3) is 6.39. The first-order valence-electron chi connectivity index (χ1n) is 17.4. The number of hydroxylamine groups is 2. The van der Waals surface area contributed by atoms with Crippen LogP contribution in [0.1, 0.15) is 35.1 Å². The van der Waals surface area contributed by atoms with Crippen LogP contribution in [0, 0.1) is 5.41 Å². The molecule has 0 radical (unpaired) electrons. The van der Waals surface area contributed by atoms with Gasteiger partial charge in [0.25, 0.3) is 0 Å². The number of hydrogen-bond donors (Lipinski definition) is 3. The van der Waals surface area contributed by atoms with E-state index in [9.17, 15) is 19.2 Å². The maximum absolute atomic E-state index is 14.5. The molecular weight excluding hydrogens is 668 g/mol. The molecule has 4 aliphatic rings. The molecule has 1 aliphatic carbocycles. The highest BCUT2D eigenvalue weighted by Gasteiger charge is 2.76. The molecule has 3 N–H and O–H groups in total. The topological polar surface area (TPSA) is 156 Å². The van der Waals surface area contributed by atoms with Crippen LogP contribution >= 0.6 is 0 Å². The van der Waals surface area contributed by atoms with E-state index in [0.29, 0.717) is 0 Å². The minimum absolute atomic E-state index is 0.000465. The van der Waals surface area contributed by atoms with Crippen molar-refractivity contribution in [3.8, 4) is 0 Å². The lowest BCUT2D eigenvalue weighted by Gasteiger charge is -2.48. The predicted molar refractivity (Wildman–Crippen MR) is 186 cm³/mol. The molecule has 3 aromatic carbocycles. The number of benzene rings is 3. The van der Waals surface area contributed by atoms with E-state index >= 15 is 0 Å². The number of amides is 3. The molecule has 6 atom stereocenters. The summed E-state index contributed by atoms with van der Waals surface area (Å²) in [5.41, 5.74) is 1.55. The zero-order valence-corrected chi connectivity index (χ0v) is 29.0. The molecule has 1 saturated carbocycles. The molecule has 3 aliphatic heterocycles. The van der Waals surface area contributed by atoms with E-state index in [4.69, 9.17) is 24.2 Å². The normalized spacial score (nSPS) is 27.1. The molecule has 3 aromatic rings. The Labute approximate surface area is 301 Å². The van der Waals surface area contributed by atoms with Crippen LogP contribution in [0.3, 0.4) is 0 Å². The fourth-order valence-electron chi connectivity index (χ4n) is 7.72. The van der Waals surface area contributed by atoms with Gasteiger partial charge in [-0.15, -0.1) is 0 Å². The van der Waals surface area contributed by atoms with Crippen LogP contribution in [-0.2, 0) is 50.6 Å². The number of rotatable bonds is 12. The first-order valence-corrected chi connectivity index (χ1v) is 17.4. The van der Waals surface area contributed by atoms with E-state index < -0.39 is 53.5 Å². The molecule has 3 heterocycles. The Hall–Kier alpha value is -4.92. The summed E-state index contributed by atoms with van der Waals surface area (Å²) in [6.45, 7) is 0.0158. The number of ether oxygens (including phenoxy) is 3. The Morgan fingerprint density at radius 2 is 1.62 bits per heavy atom. The zero-order chi connectivity index (χ0) is 36.5. The molecule has 7 rings (SSSR count). The number of likely N-dealkylation sites (N-methyl/N-ethyl adjacent to an activating group) is 1. The average molecular weight is 711 g/mol. The maximum atomic E-state index is 14.5. The number of nitrogens with one attached hydrogen (secondary N) is 2. The number of fused-ring (bicyclic) bond motifs is 4. The lowest BCUT2D eigenvalue weighted by molar-refractivity contribution is -0.213. The van der Waals surface area contributed by atoms with Gasteiger partial charge in [-0.1, -0.05) is 84.9 Å². The van der Waals surface area contributed by atoms with E-state index in [2.05, 4.69) is 10.6 Å². The molecule has 0 aromatic heterocycles. The van der Waals surface area contributed by atoms with Gasteiger partial charge < -0.3 is 34.9 Å². The molecule has 13 nitrogen and oxygen atoms in total. The van der Waals surface area contributed by atoms with Crippen LogP contribution in [0.25, 0.3) is 6.08 Å². The second-order valence-electron chi connectivity index (χ2n) is 13.6. The summed E-state index contributed by atoms with van der Waals surface area (Å²) in [6.07, 6.45) is -0.147. The SMILES string of the molecule is CN(C)C(=O)C=Cc1cccc(CN2O[C@@H]3[C@H]4OC(c5ccccc5)(c5ccccc5)O[C@H]4[C@H]4C[C@]3(C(=O)NCCC(=O)NCCO)[C@@H]2C(=O)O4)c1. The van der Waals surface area contributed by atoms with Gasteiger partial charge in [0.05, 0.1) is 13.2 Å². The number of carbonyl (C=O) groups is 4. The van der Waals surface area contributed by atoms with Gasteiger partial charge in [0.1, 0.15) is 29.8 Å². The van der Waals surface area contributed by atoms with Crippen LogP contribution in [0.4, 0.5) is 0 Å². The van der Waals surface area contributed by atoms with E-state index in [1.165, 1.54) is 16.0 Å². The molecular formula is C39H42N4O9. The first kappa shape index (κ1) is 35.5. The smallest absolute Gasteiger partial charge is 0.327 e. The van der Waals surface area contributed by atoms with Crippen molar-refractivity contribution in [2.45, 2.75) is 55.6 Å². The maximum Gasteiger partial charge on any atom is 0.327 e. The van der Waals surface area contributed by atoms with Crippen LogP contribution < -0.4 is 10.6 Å². The van der Waals surface area contributed by atoms with Crippen LogP contribution in [0.15, 0.2) is 91.0 Å². The van der Waals surface area contributed by atoms with Crippen molar-refractivity contribution in [1.29, 1.82) is 0 Å². The lowest BCUT2D eigenvalue weighted by atomic mass is 9.62. The number of aliphatic hydroxyl groups is 1. The van der Waals surface area contributed by atoms with E-state index in [-0.39, 0.29) is 50.9 Å². The number of nitrogens with zero attached hydrogens (tertiary/aromatic N) is 2. The first-order chi connectivity index (χ1) is 25.2. The van der Waals surface area contributed by atoms with Gasteiger partial charge in [0.2, 0.25) is 23.5 Å². The molecule has 272 valence electrons. The molecule has 52 heavy (non-hydrogen) atoms. The van der Waals surface area contributed by atoms with Gasteiger partial charge in [-0.05, 0) is 17.2 Å². The Morgan fingerprint density at radius 3 is 2.29 bits per heavy atom. The monoisotopic (exact) mass is 710 g/mol. The Balaban J connectivity index is 1.25. The number of esters is 1. The second kappa shape index (κ2) is 14.6. The van der Waals surface area contributed by atoms with Crippen molar-refractivity contribution in [2.24, 2.45) is 5.41 Å². The Morgan fingerprint density at radius 1 is 0.923 bits per heavy atom. The molecule has 2 bridgehead atoms. The highest BCUT2D eigenvalue weighted by molar-refractivity contribution is 5.94. The number of aliphatic hydroxyl groups excluding tert-OH is 1. The Bertz CT molecular complexity index is 1800. The highest BCUT2D eigenvalue weighted by Crippen LogP contribution is 2.59. The van der Waals surface area contributed by atoms with Gasteiger partial charge in [-0.2, -0.15) is 5.06 Å². The lowest BCUT2D eigenvalue weighted by Crippen LogP contribution is -2.69. The summed E-state index contributed by atoms with van der Waals surface area (Å²) >= 11 is 0. The van der Waals surface area contributed by atoms with Crippen LogP contribution in [0.5, 0.6) is 0 Å². The minimum Gasteiger partial charge on any atom is -0.458 e. The van der Waals surface area contributed by atoms with E-state index in [1.54, 1.807) is 20.2 Å². The highest BCUT2D eigenvalue weighted by atomic mass is 16.8. The summed E-state index contributed by atoms with van der Waals surface area (Å²) in [5, 5.41) is 16.1. The standard InChI is InChI=1S/C39H42N4O9/c1-42(2)31(46)17-16-25-10-9-11-26(22-25)24-43-34-36(47)49-29-23-38(34,37(48)41-19-18-30(45)40-20-21-44)35(52-43)33-32(29)50-39(51-33,27-12-5-3-6-13-27)28-14-7-4-8-15-28/h3-17,22,29,32-35,44H,18-21,23-24H2,1-2H3,(H,40,45)(H,41,48)/t29-,32+,33+,34+,35-,38+/m1/s1. The molecule has 4 fully saturated rings. The molecule has 0 unspecified atom stereocenters.